The van der Waals surface area contributed by atoms with E-state index in [1.165, 1.54) is 64.3 Å². The van der Waals surface area contributed by atoms with Gasteiger partial charge in [-0.2, -0.15) is 11.8 Å². The molecule has 1 fully saturated rings. The zero-order valence-corrected chi connectivity index (χ0v) is 10.9. The second-order valence-corrected chi connectivity index (χ2v) is 5.12. The lowest BCUT2D eigenvalue weighted by molar-refractivity contribution is 0.131. The number of piperazine rings is 1. The summed E-state index contributed by atoms with van der Waals surface area (Å²) in [4.78, 5) is 5.20. The number of rotatable bonds is 7. The molecule has 1 radical (unpaired) electrons. The van der Waals surface area contributed by atoms with E-state index < -0.39 is 0 Å². The highest BCUT2D eigenvalue weighted by Gasteiger charge is 2.14. The van der Waals surface area contributed by atoms with Crippen LogP contribution in [0.5, 0.6) is 0 Å². The fraction of sp³-hybridized carbons (Fsp3) is 0.917. The summed E-state index contributed by atoms with van der Waals surface area (Å²) < 4.78 is 0. The van der Waals surface area contributed by atoms with Crippen molar-refractivity contribution in [2.24, 2.45) is 0 Å². The van der Waals surface area contributed by atoms with Gasteiger partial charge in [0.25, 0.3) is 0 Å². The zero-order valence-electron chi connectivity index (χ0n) is 10.1. The highest BCUT2D eigenvalue weighted by molar-refractivity contribution is 8.00. The van der Waals surface area contributed by atoms with Gasteiger partial charge in [0.2, 0.25) is 0 Å². The first kappa shape index (κ1) is 13.3. The van der Waals surface area contributed by atoms with Crippen LogP contribution < -0.4 is 0 Å². The van der Waals surface area contributed by atoms with Gasteiger partial charge >= 0.3 is 0 Å². The lowest BCUT2D eigenvalue weighted by Gasteiger charge is -2.34. The van der Waals surface area contributed by atoms with Gasteiger partial charge in [-0.05, 0) is 38.1 Å². The summed E-state index contributed by atoms with van der Waals surface area (Å²) in [6, 6.07) is 0. The van der Waals surface area contributed by atoms with Crippen molar-refractivity contribution in [3.05, 3.63) is 6.26 Å². The topological polar surface area (TPSA) is 6.48 Å². The summed E-state index contributed by atoms with van der Waals surface area (Å²) in [6.45, 7) is 9.94. The Balaban J connectivity index is 1.99. The summed E-state index contributed by atoms with van der Waals surface area (Å²) >= 11 is 1.72. The van der Waals surface area contributed by atoms with Crippen molar-refractivity contribution in [2.45, 2.75) is 26.2 Å². The molecule has 0 saturated carbocycles. The zero-order chi connectivity index (χ0) is 10.9. The maximum absolute atomic E-state index is 3.80. The number of unbranched alkanes of at least 4 members (excludes halogenated alkanes) is 1. The minimum absolute atomic E-state index is 1.22. The molecule has 1 rings (SSSR count). The van der Waals surface area contributed by atoms with Gasteiger partial charge in [0.1, 0.15) is 0 Å². The number of thioether (sulfide) groups is 1. The molecule has 1 saturated heterocycles. The molecule has 0 aromatic rings. The van der Waals surface area contributed by atoms with Crippen molar-refractivity contribution in [2.75, 3.05) is 45.0 Å². The number of hydrogen-bond acceptors (Lipinski definition) is 3. The normalized spacial score (nSPS) is 19.6. The molecule has 3 heteroatoms. The molecule has 0 atom stereocenters. The van der Waals surface area contributed by atoms with E-state index in [9.17, 15) is 0 Å². The van der Waals surface area contributed by atoms with Gasteiger partial charge in [-0.1, -0.05) is 6.92 Å². The minimum Gasteiger partial charge on any atom is -0.301 e. The van der Waals surface area contributed by atoms with Crippen LogP contribution in [0.2, 0.25) is 0 Å². The van der Waals surface area contributed by atoms with Crippen molar-refractivity contribution in [3.63, 3.8) is 0 Å². The maximum Gasteiger partial charge on any atom is 0.0110 e. The fourth-order valence-corrected chi connectivity index (χ4v) is 2.50. The second kappa shape index (κ2) is 8.43. The second-order valence-electron chi connectivity index (χ2n) is 4.30. The van der Waals surface area contributed by atoms with Gasteiger partial charge in [-0.25, -0.2) is 0 Å². The number of hydrogen-bond donors (Lipinski definition) is 0. The van der Waals surface area contributed by atoms with Crippen LogP contribution in [0.4, 0.5) is 0 Å². The van der Waals surface area contributed by atoms with E-state index in [-0.39, 0.29) is 0 Å². The molecular formula is C12H25N2S. The van der Waals surface area contributed by atoms with E-state index in [0.29, 0.717) is 0 Å². The summed E-state index contributed by atoms with van der Waals surface area (Å²) in [5.74, 6) is 1.22. The van der Waals surface area contributed by atoms with E-state index in [1.807, 2.05) is 0 Å². The molecule has 1 heterocycles. The van der Waals surface area contributed by atoms with Gasteiger partial charge in [0, 0.05) is 32.4 Å². The molecule has 0 aromatic carbocycles. The highest BCUT2D eigenvalue weighted by Crippen LogP contribution is 2.06. The Kier molecular flexibility index (Phi) is 7.49. The van der Waals surface area contributed by atoms with Crippen molar-refractivity contribution < 1.29 is 0 Å². The van der Waals surface area contributed by atoms with Crippen molar-refractivity contribution in [1.82, 2.24) is 9.80 Å². The van der Waals surface area contributed by atoms with E-state index in [4.69, 9.17) is 0 Å². The van der Waals surface area contributed by atoms with Crippen LogP contribution in [0.25, 0.3) is 0 Å². The van der Waals surface area contributed by atoms with Crippen LogP contribution in [-0.2, 0) is 0 Å². The monoisotopic (exact) mass is 229 g/mol. The molecule has 0 aliphatic carbocycles. The third-order valence-corrected chi connectivity index (χ3v) is 3.60. The summed E-state index contributed by atoms with van der Waals surface area (Å²) in [7, 11) is 0. The molecule has 1 aliphatic rings. The van der Waals surface area contributed by atoms with Crippen LogP contribution >= 0.6 is 11.8 Å². The van der Waals surface area contributed by atoms with Gasteiger partial charge in [-0.3, -0.25) is 0 Å². The molecule has 0 amide bonds. The van der Waals surface area contributed by atoms with Crippen molar-refractivity contribution in [1.29, 1.82) is 0 Å². The van der Waals surface area contributed by atoms with E-state index in [0.717, 1.165) is 0 Å². The van der Waals surface area contributed by atoms with Crippen molar-refractivity contribution >= 4 is 11.8 Å². The first-order valence-electron chi connectivity index (χ1n) is 6.18. The predicted molar refractivity (Wildman–Crippen MR) is 70.2 cm³/mol. The van der Waals surface area contributed by atoms with E-state index >= 15 is 0 Å². The standard InChI is InChI=1S/C12H25N2S/c1-3-6-13-8-10-14(11-9-13)7-4-5-12-15-2/h2-12H2,1H3. The van der Waals surface area contributed by atoms with Gasteiger partial charge in [-0.15, -0.1) is 0 Å². The van der Waals surface area contributed by atoms with Crippen LogP contribution in [0.3, 0.4) is 0 Å². The quantitative estimate of drug-likeness (QED) is 0.619. The Hall–Kier alpha value is 0.270. The first-order valence-corrected chi connectivity index (χ1v) is 7.34. The maximum atomic E-state index is 3.80. The third-order valence-electron chi connectivity index (χ3n) is 3.02. The molecule has 2 nitrogen and oxygen atoms in total. The molecule has 0 aromatic heterocycles. The average molecular weight is 229 g/mol. The van der Waals surface area contributed by atoms with Gasteiger partial charge in [0.15, 0.2) is 0 Å². The summed E-state index contributed by atoms with van der Waals surface area (Å²) in [5, 5.41) is 0. The van der Waals surface area contributed by atoms with Crippen LogP contribution in [0.1, 0.15) is 26.2 Å². The molecule has 0 N–H and O–H groups in total. The van der Waals surface area contributed by atoms with Gasteiger partial charge in [0.05, 0.1) is 0 Å². The van der Waals surface area contributed by atoms with Crippen molar-refractivity contribution in [3.8, 4) is 0 Å². The third kappa shape index (κ3) is 5.79. The molecule has 1 aliphatic heterocycles. The summed E-state index contributed by atoms with van der Waals surface area (Å²) in [6.07, 6.45) is 7.76. The first-order chi connectivity index (χ1) is 7.36. The number of nitrogens with zero attached hydrogens (tertiary/aromatic N) is 2. The highest BCUT2D eigenvalue weighted by atomic mass is 32.2. The largest absolute Gasteiger partial charge is 0.301 e. The van der Waals surface area contributed by atoms with Crippen LogP contribution in [-0.4, -0.2) is 54.8 Å². The Morgan fingerprint density at radius 1 is 1.00 bits per heavy atom. The molecular weight excluding hydrogens is 204 g/mol. The van der Waals surface area contributed by atoms with E-state index in [1.54, 1.807) is 11.8 Å². The van der Waals surface area contributed by atoms with Crippen LogP contribution in [0.15, 0.2) is 0 Å². The molecule has 89 valence electrons. The smallest absolute Gasteiger partial charge is 0.0110 e. The Labute approximate surface area is 99.4 Å². The van der Waals surface area contributed by atoms with E-state index in [2.05, 4.69) is 23.0 Å². The average Bonchev–Trinajstić information content (AvgIpc) is 2.27. The van der Waals surface area contributed by atoms with Crippen LogP contribution in [0, 0.1) is 6.26 Å². The molecule has 0 unspecified atom stereocenters. The fourth-order valence-electron chi connectivity index (χ4n) is 2.09. The summed E-state index contributed by atoms with van der Waals surface area (Å²) in [5.41, 5.74) is 0. The molecule has 0 spiro atoms. The molecule has 15 heavy (non-hydrogen) atoms. The van der Waals surface area contributed by atoms with Gasteiger partial charge < -0.3 is 9.80 Å². The lowest BCUT2D eigenvalue weighted by atomic mass is 10.2. The Bertz CT molecular complexity index is 142. The predicted octanol–water partition coefficient (Wildman–Crippen LogP) is 2.32. The SMILES string of the molecule is [CH2]SCCCCN1CCN(CCC)CC1. The Morgan fingerprint density at radius 3 is 2.13 bits per heavy atom. The Morgan fingerprint density at radius 2 is 1.60 bits per heavy atom. The minimum atomic E-state index is 1.22. The lowest BCUT2D eigenvalue weighted by Crippen LogP contribution is -2.46. The molecule has 0 bridgehead atoms.